The van der Waals surface area contributed by atoms with Gasteiger partial charge in [0, 0.05) is 40.7 Å². The van der Waals surface area contributed by atoms with Gasteiger partial charge in [-0.2, -0.15) is 0 Å². The van der Waals surface area contributed by atoms with Gasteiger partial charge in [0.1, 0.15) is 5.69 Å². The second-order valence-corrected chi connectivity index (χ2v) is 6.59. The number of carbonyl (C=O) groups is 2. The minimum atomic E-state index is -1.12. The Labute approximate surface area is 148 Å². The van der Waals surface area contributed by atoms with Gasteiger partial charge in [-0.25, -0.2) is 4.79 Å². The van der Waals surface area contributed by atoms with Gasteiger partial charge < -0.3 is 15.0 Å². The van der Waals surface area contributed by atoms with Crippen LogP contribution < -0.4 is 0 Å². The molecule has 1 saturated heterocycles. The zero-order valence-corrected chi connectivity index (χ0v) is 14.3. The quantitative estimate of drug-likeness (QED) is 0.799. The average Bonchev–Trinajstić information content (AvgIpc) is 2.92. The second-order valence-electron chi connectivity index (χ2n) is 5.75. The standard InChI is InChI=1S/C17H16Cl2N2O3/c18-10-8-12(19)15-11(16(17(23)24)20-13(15)9-10)4-5-14(22)21-6-2-1-3-7-21/h4-5,8-9,20H,1-3,6-7H2,(H,23,24)/b5-4+. The van der Waals surface area contributed by atoms with Crippen LogP contribution in [0.2, 0.25) is 10.0 Å². The molecule has 0 atom stereocenters. The van der Waals surface area contributed by atoms with Gasteiger partial charge in [0.15, 0.2) is 0 Å². The van der Waals surface area contributed by atoms with Crippen molar-refractivity contribution in [1.29, 1.82) is 0 Å². The first-order valence-corrected chi connectivity index (χ1v) is 8.44. The van der Waals surface area contributed by atoms with E-state index >= 15 is 0 Å². The Bertz CT molecular complexity index is 836. The number of carboxylic acid groups (broad SMARTS) is 1. The largest absolute Gasteiger partial charge is 0.477 e. The summed E-state index contributed by atoms with van der Waals surface area (Å²) in [6.07, 6.45) is 6.05. The zero-order valence-electron chi connectivity index (χ0n) is 12.8. The number of halogens is 2. The number of nitrogens with one attached hydrogen (secondary N) is 1. The molecule has 0 saturated carbocycles. The second kappa shape index (κ2) is 6.87. The average molecular weight is 367 g/mol. The summed E-state index contributed by atoms with van der Waals surface area (Å²) in [6.45, 7) is 1.47. The molecule has 1 aliphatic heterocycles. The molecule has 2 aromatic rings. The molecule has 1 aromatic heterocycles. The van der Waals surface area contributed by atoms with Gasteiger partial charge in [-0.15, -0.1) is 0 Å². The smallest absolute Gasteiger partial charge is 0.352 e. The Kier molecular flexibility index (Phi) is 4.83. The first-order valence-electron chi connectivity index (χ1n) is 7.68. The number of amides is 1. The number of carboxylic acids is 1. The highest BCUT2D eigenvalue weighted by atomic mass is 35.5. The number of carbonyl (C=O) groups excluding carboxylic acids is 1. The Balaban J connectivity index is 2.01. The van der Waals surface area contributed by atoms with Crippen molar-refractivity contribution in [2.24, 2.45) is 0 Å². The third-order valence-corrected chi connectivity index (χ3v) is 4.64. The van der Waals surface area contributed by atoms with Gasteiger partial charge in [0.25, 0.3) is 0 Å². The number of hydrogen-bond acceptors (Lipinski definition) is 2. The van der Waals surface area contributed by atoms with Crippen molar-refractivity contribution in [3.8, 4) is 0 Å². The molecule has 1 amide bonds. The van der Waals surface area contributed by atoms with E-state index in [2.05, 4.69) is 4.98 Å². The van der Waals surface area contributed by atoms with Crippen molar-refractivity contribution in [1.82, 2.24) is 9.88 Å². The van der Waals surface area contributed by atoms with Gasteiger partial charge in [0.05, 0.1) is 5.02 Å². The monoisotopic (exact) mass is 366 g/mol. The van der Waals surface area contributed by atoms with Crippen LogP contribution in [-0.2, 0) is 4.79 Å². The van der Waals surface area contributed by atoms with E-state index in [0.717, 1.165) is 32.4 Å². The number of aromatic nitrogens is 1. The number of piperidine rings is 1. The summed E-state index contributed by atoms with van der Waals surface area (Å²) in [4.78, 5) is 28.3. The Hall–Kier alpha value is -1.98. The van der Waals surface area contributed by atoms with E-state index in [9.17, 15) is 14.7 Å². The van der Waals surface area contributed by atoms with Gasteiger partial charge in [-0.1, -0.05) is 23.2 Å². The van der Waals surface area contributed by atoms with Crippen LogP contribution in [0.3, 0.4) is 0 Å². The van der Waals surface area contributed by atoms with Crippen LogP contribution in [0.25, 0.3) is 17.0 Å². The molecule has 126 valence electrons. The number of fused-ring (bicyclic) bond motifs is 1. The third-order valence-electron chi connectivity index (χ3n) is 4.13. The van der Waals surface area contributed by atoms with E-state index in [0.29, 0.717) is 26.5 Å². The molecular weight excluding hydrogens is 351 g/mol. The number of rotatable bonds is 3. The number of aromatic amines is 1. The molecule has 3 rings (SSSR count). The highest BCUT2D eigenvalue weighted by Crippen LogP contribution is 2.33. The van der Waals surface area contributed by atoms with E-state index in [1.165, 1.54) is 12.2 Å². The molecule has 2 N–H and O–H groups in total. The fourth-order valence-electron chi connectivity index (χ4n) is 2.98. The van der Waals surface area contributed by atoms with Gasteiger partial charge in [-0.3, -0.25) is 4.79 Å². The molecule has 0 radical (unpaired) electrons. The molecule has 0 bridgehead atoms. The minimum absolute atomic E-state index is 0.0168. The van der Waals surface area contributed by atoms with Crippen LogP contribution in [0.15, 0.2) is 18.2 Å². The maximum Gasteiger partial charge on any atom is 0.352 e. The summed E-state index contributed by atoms with van der Waals surface area (Å²) >= 11 is 12.2. The highest BCUT2D eigenvalue weighted by Gasteiger charge is 2.19. The number of hydrogen-bond donors (Lipinski definition) is 2. The van der Waals surface area contributed by atoms with Gasteiger partial charge in [0.2, 0.25) is 5.91 Å². The predicted molar refractivity (Wildman–Crippen MR) is 94.7 cm³/mol. The third kappa shape index (κ3) is 3.28. The Morgan fingerprint density at radius 1 is 1.17 bits per heavy atom. The first-order chi connectivity index (χ1) is 11.5. The van der Waals surface area contributed by atoms with Crippen molar-refractivity contribution >= 4 is 52.1 Å². The lowest BCUT2D eigenvalue weighted by Crippen LogP contribution is -2.34. The molecular formula is C17H16Cl2N2O3. The number of nitrogens with zero attached hydrogens (tertiary/aromatic N) is 1. The van der Waals surface area contributed by atoms with Crippen LogP contribution in [0.1, 0.15) is 35.3 Å². The summed E-state index contributed by atoms with van der Waals surface area (Å²) in [5.74, 6) is -1.24. The molecule has 7 heteroatoms. The maximum atomic E-state index is 12.3. The van der Waals surface area contributed by atoms with Crippen molar-refractivity contribution in [2.75, 3.05) is 13.1 Å². The van der Waals surface area contributed by atoms with E-state index < -0.39 is 5.97 Å². The Morgan fingerprint density at radius 2 is 1.88 bits per heavy atom. The molecule has 1 aromatic carbocycles. The molecule has 0 unspecified atom stereocenters. The van der Waals surface area contributed by atoms with Crippen LogP contribution in [0, 0.1) is 0 Å². The van der Waals surface area contributed by atoms with Gasteiger partial charge >= 0.3 is 5.97 Å². The molecule has 1 fully saturated rings. The SMILES string of the molecule is O=C(O)c1[nH]c2cc(Cl)cc(Cl)c2c1/C=C/C(=O)N1CCCCC1. The van der Waals surface area contributed by atoms with Crippen LogP contribution in [0.4, 0.5) is 0 Å². The van der Waals surface area contributed by atoms with E-state index in [4.69, 9.17) is 23.2 Å². The zero-order chi connectivity index (χ0) is 17.3. The summed E-state index contributed by atoms with van der Waals surface area (Å²) in [5, 5.41) is 10.7. The van der Waals surface area contributed by atoms with Crippen LogP contribution >= 0.6 is 23.2 Å². The molecule has 0 aliphatic carbocycles. The number of likely N-dealkylation sites (tertiary alicyclic amines) is 1. The highest BCUT2D eigenvalue weighted by molar-refractivity contribution is 6.39. The summed E-state index contributed by atoms with van der Waals surface area (Å²) in [7, 11) is 0. The van der Waals surface area contributed by atoms with Crippen molar-refractivity contribution < 1.29 is 14.7 Å². The van der Waals surface area contributed by atoms with E-state index in [-0.39, 0.29) is 11.6 Å². The lowest BCUT2D eigenvalue weighted by Gasteiger charge is -2.25. The summed E-state index contributed by atoms with van der Waals surface area (Å²) < 4.78 is 0. The maximum absolute atomic E-state index is 12.3. The fourth-order valence-corrected chi connectivity index (χ4v) is 3.58. The summed E-state index contributed by atoms with van der Waals surface area (Å²) in [6, 6.07) is 3.16. The summed E-state index contributed by atoms with van der Waals surface area (Å²) in [5.41, 5.74) is 0.886. The molecule has 0 spiro atoms. The van der Waals surface area contributed by atoms with Crippen LogP contribution in [0.5, 0.6) is 0 Å². The van der Waals surface area contributed by atoms with Crippen LogP contribution in [-0.4, -0.2) is 40.0 Å². The molecule has 24 heavy (non-hydrogen) atoms. The Morgan fingerprint density at radius 3 is 2.54 bits per heavy atom. The van der Waals surface area contributed by atoms with E-state index in [1.54, 1.807) is 17.0 Å². The lowest BCUT2D eigenvalue weighted by molar-refractivity contribution is -0.126. The van der Waals surface area contributed by atoms with Gasteiger partial charge in [-0.05, 0) is 37.5 Å². The molecule has 2 heterocycles. The predicted octanol–water partition coefficient (Wildman–Crippen LogP) is 4.20. The first kappa shape index (κ1) is 16.9. The molecule has 1 aliphatic rings. The number of aromatic carboxylic acids is 1. The topological polar surface area (TPSA) is 73.4 Å². The van der Waals surface area contributed by atoms with E-state index in [1.807, 2.05) is 0 Å². The lowest BCUT2D eigenvalue weighted by atomic mass is 10.1. The number of benzene rings is 1. The van der Waals surface area contributed by atoms with Crippen molar-refractivity contribution in [2.45, 2.75) is 19.3 Å². The van der Waals surface area contributed by atoms with Crippen molar-refractivity contribution in [3.63, 3.8) is 0 Å². The fraction of sp³-hybridized carbons (Fsp3) is 0.294. The molecule has 5 nitrogen and oxygen atoms in total. The minimum Gasteiger partial charge on any atom is -0.477 e. The number of H-pyrrole nitrogens is 1. The normalized spacial score (nSPS) is 15.3. The van der Waals surface area contributed by atoms with Crippen molar-refractivity contribution in [3.05, 3.63) is 39.5 Å².